The molecule has 0 atom stereocenters. The molecular weight excluding hydrogens is 627 g/mol. The van der Waals surface area contributed by atoms with Crippen LogP contribution in [0.2, 0.25) is 0 Å². The maximum absolute atomic E-state index is 13.4. The number of hydrogen-bond acceptors (Lipinski definition) is 8. The van der Waals surface area contributed by atoms with Crippen molar-refractivity contribution in [1.29, 1.82) is 0 Å². The molecule has 1 amide bonds. The van der Waals surface area contributed by atoms with E-state index in [4.69, 9.17) is 8.92 Å². The van der Waals surface area contributed by atoms with E-state index in [0.717, 1.165) is 62.9 Å². The lowest BCUT2D eigenvalue weighted by Crippen LogP contribution is -2.35. The van der Waals surface area contributed by atoms with E-state index < -0.39 is 26.0 Å². The first kappa shape index (κ1) is 33.5. The van der Waals surface area contributed by atoms with Crippen LogP contribution in [0.5, 0.6) is 11.5 Å². The van der Waals surface area contributed by atoms with Crippen molar-refractivity contribution in [1.82, 2.24) is 4.31 Å². The summed E-state index contributed by atoms with van der Waals surface area (Å²) in [6.07, 6.45) is 8.76. The zero-order chi connectivity index (χ0) is 32.9. The summed E-state index contributed by atoms with van der Waals surface area (Å²) in [6.45, 7) is 6.13. The molecule has 10 nitrogen and oxygen atoms in total. The number of carbonyl (C=O) groups is 1. The van der Waals surface area contributed by atoms with E-state index in [1.807, 2.05) is 6.07 Å². The molecule has 0 spiro atoms. The fraction of sp³-hybridized carbons (Fsp3) is 0.382. The van der Waals surface area contributed by atoms with Gasteiger partial charge in [-0.15, -0.1) is 0 Å². The average molecular weight is 668 g/mol. The number of piperidine rings is 2. The maximum atomic E-state index is 13.4. The van der Waals surface area contributed by atoms with E-state index in [9.17, 15) is 21.6 Å². The van der Waals surface area contributed by atoms with Crippen LogP contribution in [0.15, 0.2) is 70.5 Å². The maximum Gasteiger partial charge on any atom is 0.339 e. The van der Waals surface area contributed by atoms with Crippen molar-refractivity contribution in [3.8, 4) is 11.5 Å². The molecule has 0 radical (unpaired) electrons. The van der Waals surface area contributed by atoms with Crippen LogP contribution >= 0.6 is 0 Å². The Hall–Kier alpha value is -3.87. The largest absolute Gasteiger partial charge is 0.493 e. The SMILES string of the molecule is COc1cc(/C=C/C(=O)Nc2cc(S(=O)(=O)N3CCCCC3)ccc2N2CCCCC2)ccc1OS(=O)(=O)c1cc(C)ccc1C. The smallest absolute Gasteiger partial charge is 0.339 e. The molecule has 0 saturated carbocycles. The number of ether oxygens (including phenoxy) is 1. The van der Waals surface area contributed by atoms with Gasteiger partial charge in [-0.25, -0.2) is 8.42 Å². The van der Waals surface area contributed by atoms with Gasteiger partial charge in [-0.3, -0.25) is 4.79 Å². The van der Waals surface area contributed by atoms with Crippen molar-refractivity contribution >= 4 is 43.5 Å². The summed E-state index contributed by atoms with van der Waals surface area (Å²) < 4.78 is 65.3. The summed E-state index contributed by atoms with van der Waals surface area (Å²) in [6, 6.07) is 14.8. The monoisotopic (exact) mass is 667 g/mol. The summed E-state index contributed by atoms with van der Waals surface area (Å²) in [5, 5.41) is 2.91. The van der Waals surface area contributed by atoms with Gasteiger partial charge in [-0.05, 0) is 105 Å². The van der Waals surface area contributed by atoms with Crippen LogP contribution in [0.25, 0.3) is 6.08 Å². The molecule has 2 aliphatic heterocycles. The lowest BCUT2D eigenvalue weighted by Gasteiger charge is -2.31. The van der Waals surface area contributed by atoms with Crippen LogP contribution < -0.4 is 19.1 Å². The van der Waals surface area contributed by atoms with Gasteiger partial charge >= 0.3 is 10.1 Å². The standard InChI is InChI=1S/C34H41N3O7S2/c1-25-10-11-26(2)33(22-25)46(41,42)44-31-16-12-27(23-32(31)43-3)13-17-34(38)35-29-24-28(45(39,40)37-20-8-5-9-21-37)14-15-30(29)36-18-6-4-7-19-36/h10-17,22-24H,4-9,18-21H2,1-3H3,(H,35,38)/b17-13+. The molecular formula is C34H41N3O7S2. The number of aryl methyl sites for hydroxylation is 2. The highest BCUT2D eigenvalue weighted by Gasteiger charge is 2.28. The van der Waals surface area contributed by atoms with Gasteiger partial charge in [-0.2, -0.15) is 12.7 Å². The highest BCUT2D eigenvalue weighted by molar-refractivity contribution is 7.89. The van der Waals surface area contributed by atoms with Crippen LogP contribution in [-0.4, -0.2) is 60.3 Å². The number of carbonyl (C=O) groups excluding carboxylic acids is 1. The normalized spacial score (nSPS) is 16.4. The van der Waals surface area contributed by atoms with Crippen LogP contribution in [0, 0.1) is 13.8 Å². The van der Waals surface area contributed by atoms with Crippen LogP contribution in [-0.2, 0) is 24.9 Å². The van der Waals surface area contributed by atoms with Gasteiger partial charge in [0.05, 0.1) is 23.4 Å². The lowest BCUT2D eigenvalue weighted by atomic mass is 10.1. The third-order valence-electron chi connectivity index (χ3n) is 8.30. The lowest BCUT2D eigenvalue weighted by molar-refractivity contribution is -0.111. The fourth-order valence-electron chi connectivity index (χ4n) is 5.78. The second-order valence-corrected chi connectivity index (χ2v) is 15.2. The van der Waals surface area contributed by atoms with Gasteiger partial charge in [0.1, 0.15) is 4.90 Å². The quantitative estimate of drug-likeness (QED) is 0.210. The number of anilines is 2. The number of benzene rings is 3. The molecule has 0 aromatic heterocycles. The number of nitrogens with zero attached hydrogens (tertiary/aromatic N) is 2. The van der Waals surface area contributed by atoms with E-state index in [1.54, 1.807) is 62.4 Å². The van der Waals surface area contributed by atoms with Crippen molar-refractivity contribution in [3.05, 3.63) is 77.4 Å². The summed E-state index contributed by atoms with van der Waals surface area (Å²) in [5.41, 5.74) is 3.14. The average Bonchev–Trinajstić information content (AvgIpc) is 3.06. The molecule has 0 aliphatic carbocycles. The van der Waals surface area contributed by atoms with Crippen molar-refractivity contribution in [2.75, 3.05) is 43.5 Å². The van der Waals surface area contributed by atoms with E-state index in [2.05, 4.69) is 10.2 Å². The molecule has 0 unspecified atom stereocenters. The van der Waals surface area contributed by atoms with Crippen LogP contribution in [0.3, 0.4) is 0 Å². The third kappa shape index (κ3) is 7.73. The summed E-state index contributed by atoms with van der Waals surface area (Å²) >= 11 is 0. The van der Waals surface area contributed by atoms with E-state index in [0.29, 0.717) is 29.9 Å². The molecule has 1 N–H and O–H groups in total. The van der Waals surface area contributed by atoms with Crippen molar-refractivity contribution in [2.24, 2.45) is 0 Å². The number of hydrogen-bond donors (Lipinski definition) is 1. The molecule has 3 aromatic rings. The van der Waals surface area contributed by atoms with Crippen molar-refractivity contribution in [2.45, 2.75) is 62.2 Å². The molecule has 0 bridgehead atoms. The molecule has 46 heavy (non-hydrogen) atoms. The minimum Gasteiger partial charge on any atom is -0.493 e. The predicted octanol–water partition coefficient (Wildman–Crippen LogP) is 5.90. The van der Waals surface area contributed by atoms with E-state index in [-0.39, 0.29) is 21.3 Å². The summed E-state index contributed by atoms with van der Waals surface area (Å²) in [7, 11) is -6.41. The minimum absolute atomic E-state index is 0.0166. The zero-order valence-electron chi connectivity index (χ0n) is 26.5. The minimum atomic E-state index is -4.12. The van der Waals surface area contributed by atoms with E-state index in [1.165, 1.54) is 23.6 Å². The first-order chi connectivity index (χ1) is 22.0. The Balaban J connectivity index is 1.36. The van der Waals surface area contributed by atoms with Gasteiger partial charge in [0.15, 0.2) is 11.5 Å². The Morgan fingerprint density at radius 3 is 2.20 bits per heavy atom. The zero-order valence-corrected chi connectivity index (χ0v) is 28.1. The molecule has 2 heterocycles. The number of rotatable bonds is 10. The van der Waals surface area contributed by atoms with Gasteiger partial charge in [0.25, 0.3) is 0 Å². The molecule has 3 aromatic carbocycles. The molecule has 2 saturated heterocycles. The second-order valence-electron chi connectivity index (χ2n) is 11.7. The summed E-state index contributed by atoms with van der Waals surface area (Å²) in [5.74, 6) is -0.245. The Bertz CT molecular complexity index is 1830. The Labute approximate surface area is 272 Å². The molecule has 5 rings (SSSR count). The van der Waals surface area contributed by atoms with Crippen LogP contribution in [0.4, 0.5) is 11.4 Å². The molecule has 12 heteroatoms. The fourth-order valence-corrected chi connectivity index (χ4v) is 8.58. The topological polar surface area (TPSA) is 122 Å². The van der Waals surface area contributed by atoms with Crippen molar-refractivity contribution < 1.29 is 30.6 Å². The van der Waals surface area contributed by atoms with Gasteiger partial charge < -0.3 is 19.1 Å². The number of nitrogens with one attached hydrogen (secondary N) is 1. The highest BCUT2D eigenvalue weighted by Crippen LogP contribution is 2.34. The number of methoxy groups -OCH3 is 1. The van der Waals surface area contributed by atoms with Gasteiger partial charge in [-0.1, -0.05) is 24.6 Å². The Morgan fingerprint density at radius 1 is 0.804 bits per heavy atom. The molecule has 246 valence electrons. The molecule has 2 fully saturated rings. The number of amides is 1. The predicted molar refractivity (Wildman–Crippen MR) is 180 cm³/mol. The third-order valence-corrected chi connectivity index (χ3v) is 11.6. The van der Waals surface area contributed by atoms with Crippen molar-refractivity contribution in [3.63, 3.8) is 0 Å². The first-order valence-corrected chi connectivity index (χ1v) is 18.4. The van der Waals surface area contributed by atoms with E-state index >= 15 is 0 Å². The Kier molecular flexibility index (Phi) is 10.4. The second kappa shape index (κ2) is 14.3. The van der Waals surface area contributed by atoms with Gasteiger partial charge in [0.2, 0.25) is 15.9 Å². The highest BCUT2D eigenvalue weighted by atomic mass is 32.2. The first-order valence-electron chi connectivity index (χ1n) is 15.6. The van der Waals surface area contributed by atoms with Gasteiger partial charge in [0, 0.05) is 32.3 Å². The van der Waals surface area contributed by atoms with Crippen LogP contribution in [0.1, 0.15) is 55.2 Å². The number of sulfonamides is 1. The summed E-state index contributed by atoms with van der Waals surface area (Å²) in [4.78, 5) is 15.6. The Morgan fingerprint density at radius 2 is 1.50 bits per heavy atom. The molecule has 2 aliphatic rings.